The van der Waals surface area contributed by atoms with Crippen molar-refractivity contribution in [3.05, 3.63) is 35.4 Å². The van der Waals surface area contributed by atoms with E-state index in [1.807, 2.05) is 19.9 Å². The van der Waals surface area contributed by atoms with E-state index in [2.05, 4.69) is 39.0 Å². The standard InChI is InChI=1S/C21H32O2/c1-20(2,3)17-12-10-15(11-13-17)18-9-7-6-8-16(18)14-21(4,5)19(22)23/h6-9,15,17H,10-14H2,1-5H3,(H,22,23). The molecule has 1 fully saturated rings. The van der Waals surface area contributed by atoms with Crippen LogP contribution in [0.25, 0.3) is 0 Å². The Hall–Kier alpha value is -1.31. The van der Waals surface area contributed by atoms with Gasteiger partial charge in [-0.2, -0.15) is 0 Å². The maximum atomic E-state index is 11.5. The van der Waals surface area contributed by atoms with E-state index in [0.717, 1.165) is 5.92 Å². The number of hydrogen-bond acceptors (Lipinski definition) is 1. The Kier molecular flexibility index (Phi) is 5.23. The van der Waals surface area contributed by atoms with Crippen LogP contribution in [0, 0.1) is 16.7 Å². The molecule has 2 rings (SSSR count). The molecule has 0 saturated heterocycles. The van der Waals surface area contributed by atoms with E-state index in [0.29, 0.717) is 17.8 Å². The van der Waals surface area contributed by atoms with Crippen molar-refractivity contribution in [2.45, 2.75) is 72.6 Å². The van der Waals surface area contributed by atoms with Crippen LogP contribution >= 0.6 is 0 Å². The predicted octanol–water partition coefficient (Wildman–Crippen LogP) is 5.66. The van der Waals surface area contributed by atoms with Crippen molar-refractivity contribution in [2.24, 2.45) is 16.7 Å². The van der Waals surface area contributed by atoms with E-state index >= 15 is 0 Å². The topological polar surface area (TPSA) is 37.3 Å². The molecule has 0 atom stereocenters. The quantitative estimate of drug-likeness (QED) is 0.778. The van der Waals surface area contributed by atoms with Gasteiger partial charge in [0.1, 0.15) is 0 Å². The molecule has 1 aliphatic carbocycles. The number of aliphatic carboxylic acids is 1. The highest BCUT2D eigenvalue weighted by Gasteiger charge is 2.32. The van der Waals surface area contributed by atoms with E-state index in [1.54, 1.807) is 0 Å². The molecular weight excluding hydrogens is 284 g/mol. The maximum Gasteiger partial charge on any atom is 0.309 e. The van der Waals surface area contributed by atoms with E-state index in [4.69, 9.17) is 0 Å². The van der Waals surface area contributed by atoms with Crippen LogP contribution in [0.15, 0.2) is 24.3 Å². The Balaban J connectivity index is 2.14. The summed E-state index contributed by atoms with van der Waals surface area (Å²) in [5.41, 5.74) is 2.29. The van der Waals surface area contributed by atoms with Gasteiger partial charge in [-0.25, -0.2) is 0 Å². The van der Waals surface area contributed by atoms with Crippen LogP contribution < -0.4 is 0 Å². The van der Waals surface area contributed by atoms with E-state index in [1.165, 1.54) is 36.8 Å². The van der Waals surface area contributed by atoms with E-state index in [9.17, 15) is 9.90 Å². The Morgan fingerprint density at radius 1 is 1.04 bits per heavy atom. The summed E-state index contributed by atoms with van der Waals surface area (Å²) in [4.78, 5) is 11.5. The van der Waals surface area contributed by atoms with Gasteiger partial charge in [-0.1, -0.05) is 45.0 Å². The molecule has 0 spiro atoms. The average molecular weight is 316 g/mol. The number of carbonyl (C=O) groups is 1. The minimum Gasteiger partial charge on any atom is -0.481 e. The molecule has 1 saturated carbocycles. The van der Waals surface area contributed by atoms with Crippen LogP contribution in [-0.2, 0) is 11.2 Å². The molecule has 1 aromatic rings. The Labute approximate surface area is 141 Å². The summed E-state index contributed by atoms with van der Waals surface area (Å²) in [5.74, 6) is 0.680. The third-order valence-corrected chi connectivity index (χ3v) is 5.66. The lowest BCUT2D eigenvalue weighted by Crippen LogP contribution is -2.28. The molecule has 1 aromatic carbocycles. The monoisotopic (exact) mass is 316 g/mol. The van der Waals surface area contributed by atoms with Crippen molar-refractivity contribution in [2.75, 3.05) is 0 Å². The van der Waals surface area contributed by atoms with Crippen LogP contribution in [0.4, 0.5) is 0 Å². The molecule has 0 unspecified atom stereocenters. The molecule has 0 radical (unpaired) electrons. The van der Waals surface area contributed by atoms with Gasteiger partial charge in [0.2, 0.25) is 0 Å². The highest BCUT2D eigenvalue weighted by Crippen LogP contribution is 2.44. The van der Waals surface area contributed by atoms with Gasteiger partial charge in [-0.3, -0.25) is 4.79 Å². The van der Waals surface area contributed by atoms with Crippen LogP contribution in [-0.4, -0.2) is 11.1 Å². The second-order valence-electron chi connectivity index (χ2n) is 8.98. The van der Waals surface area contributed by atoms with Crippen molar-refractivity contribution in [1.82, 2.24) is 0 Å². The first-order valence-corrected chi connectivity index (χ1v) is 8.92. The molecule has 2 heteroatoms. The average Bonchev–Trinajstić information content (AvgIpc) is 2.46. The predicted molar refractivity (Wildman–Crippen MR) is 95.7 cm³/mol. The highest BCUT2D eigenvalue weighted by molar-refractivity contribution is 5.74. The SMILES string of the molecule is CC(C)(Cc1ccccc1C1CCC(C(C)(C)C)CC1)C(=O)O. The third-order valence-electron chi connectivity index (χ3n) is 5.66. The van der Waals surface area contributed by atoms with Crippen LogP contribution in [0.3, 0.4) is 0 Å². The smallest absolute Gasteiger partial charge is 0.309 e. The summed E-state index contributed by atoms with van der Waals surface area (Å²) < 4.78 is 0. The maximum absolute atomic E-state index is 11.5. The highest BCUT2D eigenvalue weighted by atomic mass is 16.4. The molecule has 1 aliphatic rings. The first-order valence-electron chi connectivity index (χ1n) is 8.92. The number of carboxylic acids is 1. The lowest BCUT2D eigenvalue weighted by atomic mass is 9.68. The summed E-state index contributed by atoms with van der Waals surface area (Å²) in [6.45, 7) is 10.7. The molecule has 128 valence electrons. The Morgan fingerprint density at radius 2 is 1.61 bits per heavy atom. The molecule has 2 nitrogen and oxygen atoms in total. The van der Waals surface area contributed by atoms with Crippen molar-refractivity contribution in [3.8, 4) is 0 Å². The minimum atomic E-state index is -0.719. The molecule has 0 aliphatic heterocycles. The summed E-state index contributed by atoms with van der Waals surface area (Å²) >= 11 is 0. The zero-order valence-corrected chi connectivity index (χ0v) is 15.4. The number of carboxylic acid groups (broad SMARTS) is 1. The van der Waals surface area contributed by atoms with Gasteiger partial charge >= 0.3 is 5.97 Å². The van der Waals surface area contributed by atoms with E-state index in [-0.39, 0.29) is 0 Å². The van der Waals surface area contributed by atoms with Crippen LogP contribution in [0.5, 0.6) is 0 Å². The van der Waals surface area contributed by atoms with Crippen molar-refractivity contribution in [3.63, 3.8) is 0 Å². The molecule has 0 bridgehead atoms. The van der Waals surface area contributed by atoms with Gasteiger partial charge in [0.15, 0.2) is 0 Å². The molecular formula is C21H32O2. The van der Waals surface area contributed by atoms with Gasteiger partial charge in [-0.05, 0) is 74.3 Å². The van der Waals surface area contributed by atoms with Gasteiger partial charge in [0.05, 0.1) is 5.41 Å². The second-order valence-corrected chi connectivity index (χ2v) is 8.98. The number of benzene rings is 1. The van der Waals surface area contributed by atoms with Gasteiger partial charge in [0, 0.05) is 0 Å². The fourth-order valence-corrected chi connectivity index (χ4v) is 3.92. The van der Waals surface area contributed by atoms with Gasteiger partial charge < -0.3 is 5.11 Å². The first kappa shape index (κ1) is 18.0. The van der Waals surface area contributed by atoms with Gasteiger partial charge in [-0.15, -0.1) is 0 Å². The fraction of sp³-hybridized carbons (Fsp3) is 0.667. The largest absolute Gasteiger partial charge is 0.481 e. The van der Waals surface area contributed by atoms with Crippen molar-refractivity contribution in [1.29, 1.82) is 0 Å². The fourth-order valence-electron chi connectivity index (χ4n) is 3.92. The van der Waals surface area contributed by atoms with Crippen LogP contribution in [0.1, 0.15) is 77.3 Å². The molecule has 0 amide bonds. The Bertz CT molecular complexity index is 543. The normalized spacial score (nSPS) is 22.8. The van der Waals surface area contributed by atoms with Gasteiger partial charge in [0.25, 0.3) is 0 Å². The Morgan fingerprint density at radius 3 is 2.13 bits per heavy atom. The van der Waals surface area contributed by atoms with Crippen molar-refractivity contribution < 1.29 is 9.90 Å². The number of rotatable bonds is 4. The summed E-state index contributed by atoms with van der Waals surface area (Å²) in [6.07, 6.45) is 5.63. The molecule has 0 heterocycles. The minimum absolute atomic E-state index is 0.399. The van der Waals surface area contributed by atoms with Crippen molar-refractivity contribution >= 4 is 5.97 Å². The number of hydrogen-bond donors (Lipinski definition) is 1. The lowest BCUT2D eigenvalue weighted by molar-refractivity contribution is -0.146. The zero-order valence-electron chi connectivity index (χ0n) is 15.4. The summed E-state index contributed by atoms with van der Waals surface area (Å²) in [6, 6.07) is 8.48. The lowest BCUT2D eigenvalue weighted by Gasteiger charge is -2.37. The zero-order chi connectivity index (χ0) is 17.3. The first-order chi connectivity index (χ1) is 10.6. The van der Waals surface area contributed by atoms with E-state index < -0.39 is 11.4 Å². The van der Waals surface area contributed by atoms with Crippen LogP contribution in [0.2, 0.25) is 0 Å². The third kappa shape index (κ3) is 4.37. The molecule has 23 heavy (non-hydrogen) atoms. The summed E-state index contributed by atoms with van der Waals surface area (Å²) in [7, 11) is 0. The molecule has 0 aromatic heterocycles. The molecule has 1 N–H and O–H groups in total. The second kappa shape index (κ2) is 6.67. The summed E-state index contributed by atoms with van der Waals surface area (Å²) in [5, 5.41) is 9.43.